The summed E-state index contributed by atoms with van der Waals surface area (Å²) >= 11 is 0. The van der Waals surface area contributed by atoms with Crippen molar-refractivity contribution in [2.24, 2.45) is 10.4 Å². The molecule has 19 heavy (non-hydrogen) atoms. The first kappa shape index (κ1) is 15.8. The first-order valence-corrected chi connectivity index (χ1v) is 7.19. The zero-order valence-electron chi connectivity index (χ0n) is 12.7. The number of rotatable bonds is 4. The van der Waals surface area contributed by atoms with Gasteiger partial charge >= 0.3 is 0 Å². The van der Waals surface area contributed by atoms with E-state index in [1.54, 1.807) is 7.05 Å². The molecule has 3 N–H and O–H groups in total. The Hall–Kier alpha value is -1.26. The smallest absolute Gasteiger partial charge is 0.225 e. The van der Waals surface area contributed by atoms with Gasteiger partial charge < -0.3 is 16.0 Å². The fraction of sp³-hybridized carbons (Fsp3) is 0.857. The van der Waals surface area contributed by atoms with Gasteiger partial charge in [-0.25, -0.2) is 0 Å². The molecule has 0 aromatic rings. The molecule has 0 aromatic heterocycles. The number of guanidine groups is 1. The number of hydrogen-bond donors (Lipinski definition) is 3. The molecule has 0 aromatic carbocycles. The lowest BCUT2D eigenvalue weighted by Gasteiger charge is -2.19. The van der Waals surface area contributed by atoms with Crippen LogP contribution in [0.3, 0.4) is 0 Å². The number of carbonyl (C=O) groups is 1. The number of hydrogen-bond acceptors (Lipinski definition) is 2. The third kappa shape index (κ3) is 5.94. The minimum atomic E-state index is -0.330. The van der Waals surface area contributed by atoms with E-state index in [1.807, 2.05) is 20.8 Å². The molecule has 0 atom stereocenters. The highest BCUT2D eigenvalue weighted by molar-refractivity contribution is 5.82. The van der Waals surface area contributed by atoms with E-state index in [9.17, 15) is 4.79 Å². The second-order valence-electron chi connectivity index (χ2n) is 6.13. The van der Waals surface area contributed by atoms with Crippen LogP contribution in [-0.2, 0) is 4.79 Å². The number of amides is 1. The lowest BCUT2D eigenvalue weighted by Crippen LogP contribution is -2.45. The number of nitrogens with zero attached hydrogens (tertiary/aromatic N) is 1. The highest BCUT2D eigenvalue weighted by Crippen LogP contribution is 2.17. The maximum absolute atomic E-state index is 11.7. The molecule has 0 spiro atoms. The maximum Gasteiger partial charge on any atom is 0.225 e. The molecule has 1 aliphatic rings. The van der Waals surface area contributed by atoms with Crippen LogP contribution < -0.4 is 16.0 Å². The van der Waals surface area contributed by atoms with Crippen LogP contribution >= 0.6 is 0 Å². The number of nitrogens with one attached hydrogen (secondary N) is 3. The third-order valence-corrected chi connectivity index (χ3v) is 3.30. The first-order chi connectivity index (χ1) is 8.93. The summed E-state index contributed by atoms with van der Waals surface area (Å²) in [5.41, 5.74) is -0.330. The summed E-state index contributed by atoms with van der Waals surface area (Å²) in [6.07, 6.45) is 5.05. The summed E-state index contributed by atoms with van der Waals surface area (Å²) in [5.74, 6) is 0.907. The van der Waals surface area contributed by atoms with Crippen LogP contribution in [0, 0.1) is 5.41 Å². The summed E-state index contributed by atoms with van der Waals surface area (Å²) in [4.78, 5) is 15.9. The van der Waals surface area contributed by atoms with E-state index in [2.05, 4.69) is 20.9 Å². The zero-order chi connectivity index (χ0) is 14.3. The van der Waals surface area contributed by atoms with Crippen molar-refractivity contribution in [2.75, 3.05) is 20.1 Å². The number of carbonyl (C=O) groups excluding carboxylic acids is 1. The van der Waals surface area contributed by atoms with Gasteiger partial charge in [-0.15, -0.1) is 0 Å². The van der Waals surface area contributed by atoms with Crippen molar-refractivity contribution in [2.45, 2.75) is 52.5 Å². The monoisotopic (exact) mass is 268 g/mol. The van der Waals surface area contributed by atoms with E-state index in [0.29, 0.717) is 19.1 Å². The standard InChI is InChI=1S/C14H28N4O/c1-14(2,3)12(19)16-9-10-17-13(15-4)18-11-7-5-6-8-11/h11H,5-10H2,1-4H3,(H,16,19)(H2,15,17,18). The minimum absolute atomic E-state index is 0.0769. The van der Waals surface area contributed by atoms with Crippen molar-refractivity contribution in [1.29, 1.82) is 0 Å². The van der Waals surface area contributed by atoms with Crippen molar-refractivity contribution in [3.63, 3.8) is 0 Å². The van der Waals surface area contributed by atoms with Gasteiger partial charge in [0.15, 0.2) is 5.96 Å². The Balaban J connectivity index is 2.18. The Morgan fingerprint density at radius 3 is 2.26 bits per heavy atom. The Morgan fingerprint density at radius 2 is 1.74 bits per heavy atom. The van der Waals surface area contributed by atoms with Crippen molar-refractivity contribution >= 4 is 11.9 Å². The Labute approximate surface area is 116 Å². The first-order valence-electron chi connectivity index (χ1n) is 7.19. The average Bonchev–Trinajstić information content (AvgIpc) is 2.84. The van der Waals surface area contributed by atoms with Crippen molar-refractivity contribution in [3.8, 4) is 0 Å². The molecule has 5 heteroatoms. The minimum Gasteiger partial charge on any atom is -0.355 e. The molecule has 110 valence electrons. The lowest BCUT2D eigenvalue weighted by molar-refractivity contribution is -0.128. The van der Waals surface area contributed by atoms with Gasteiger partial charge in [0.1, 0.15) is 0 Å². The molecule has 0 bridgehead atoms. The highest BCUT2D eigenvalue weighted by atomic mass is 16.2. The summed E-state index contributed by atoms with van der Waals surface area (Å²) < 4.78 is 0. The second-order valence-corrected chi connectivity index (χ2v) is 6.13. The normalized spacial score (nSPS) is 17.4. The summed E-state index contributed by atoms with van der Waals surface area (Å²) in [6.45, 7) is 7.04. The van der Waals surface area contributed by atoms with Crippen molar-refractivity contribution in [3.05, 3.63) is 0 Å². The van der Waals surface area contributed by atoms with Crippen LogP contribution in [0.4, 0.5) is 0 Å². The van der Waals surface area contributed by atoms with Crippen molar-refractivity contribution < 1.29 is 4.79 Å². The van der Waals surface area contributed by atoms with Crippen LogP contribution in [0.25, 0.3) is 0 Å². The molecule has 1 fully saturated rings. The van der Waals surface area contributed by atoms with Crippen LogP contribution in [0.5, 0.6) is 0 Å². The Kier molecular flexibility index (Phi) is 6.12. The van der Waals surface area contributed by atoms with Crippen LogP contribution in [-0.4, -0.2) is 38.0 Å². The maximum atomic E-state index is 11.7. The molecule has 0 unspecified atom stereocenters. The quantitative estimate of drug-likeness (QED) is 0.408. The largest absolute Gasteiger partial charge is 0.355 e. The van der Waals surface area contributed by atoms with Crippen LogP contribution in [0.2, 0.25) is 0 Å². The highest BCUT2D eigenvalue weighted by Gasteiger charge is 2.20. The predicted octanol–water partition coefficient (Wildman–Crippen LogP) is 1.26. The summed E-state index contributed by atoms with van der Waals surface area (Å²) in [6, 6.07) is 0.551. The predicted molar refractivity (Wildman–Crippen MR) is 79.2 cm³/mol. The molecule has 0 radical (unpaired) electrons. The van der Waals surface area contributed by atoms with E-state index in [4.69, 9.17) is 0 Å². The van der Waals surface area contributed by atoms with Gasteiger partial charge in [0.25, 0.3) is 0 Å². The molecular weight excluding hydrogens is 240 g/mol. The van der Waals surface area contributed by atoms with Gasteiger partial charge in [-0.1, -0.05) is 33.6 Å². The molecular formula is C14H28N4O. The third-order valence-electron chi connectivity index (χ3n) is 3.30. The summed E-state index contributed by atoms with van der Waals surface area (Å²) in [7, 11) is 1.78. The summed E-state index contributed by atoms with van der Waals surface area (Å²) in [5, 5.41) is 9.55. The van der Waals surface area contributed by atoms with Crippen LogP contribution in [0.15, 0.2) is 4.99 Å². The van der Waals surface area contributed by atoms with Gasteiger partial charge in [-0.3, -0.25) is 9.79 Å². The van der Waals surface area contributed by atoms with E-state index < -0.39 is 0 Å². The SMILES string of the molecule is CN=C(NCCNC(=O)C(C)(C)C)NC1CCCC1. The Morgan fingerprint density at radius 1 is 1.16 bits per heavy atom. The molecule has 5 nitrogen and oxygen atoms in total. The molecule has 1 rings (SSSR count). The molecule has 1 amide bonds. The van der Waals surface area contributed by atoms with E-state index in [-0.39, 0.29) is 11.3 Å². The Bertz CT molecular complexity index is 314. The van der Waals surface area contributed by atoms with Crippen LogP contribution in [0.1, 0.15) is 46.5 Å². The average molecular weight is 268 g/mol. The molecule has 1 aliphatic carbocycles. The molecule has 0 aliphatic heterocycles. The van der Waals surface area contributed by atoms with Gasteiger partial charge in [0, 0.05) is 31.6 Å². The van der Waals surface area contributed by atoms with Gasteiger partial charge in [-0.05, 0) is 12.8 Å². The zero-order valence-corrected chi connectivity index (χ0v) is 12.7. The fourth-order valence-electron chi connectivity index (χ4n) is 2.08. The van der Waals surface area contributed by atoms with E-state index >= 15 is 0 Å². The van der Waals surface area contributed by atoms with E-state index in [0.717, 1.165) is 5.96 Å². The second kappa shape index (κ2) is 7.36. The molecule has 1 saturated carbocycles. The van der Waals surface area contributed by atoms with Gasteiger partial charge in [0.2, 0.25) is 5.91 Å². The fourth-order valence-corrected chi connectivity index (χ4v) is 2.08. The molecule has 0 heterocycles. The van der Waals surface area contributed by atoms with Gasteiger partial charge in [-0.2, -0.15) is 0 Å². The van der Waals surface area contributed by atoms with E-state index in [1.165, 1.54) is 25.7 Å². The van der Waals surface area contributed by atoms with Gasteiger partial charge in [0.05, 0.1) is 0 Å². The number of aliphatic imine (C=N–C) groups is 1. The lowest BCUT2D eigenvalue weighted by atomic mass is 9.96. The molecule has 0 saturated heterocycles. The topological polar surface area (TPSA) is 65.5 Å². The van der Waals surface area contributed by atoms with Crippen molar-refractivity contribution in [1.82, 2.24) is 16.0 Å².